The van der Waals surface area contributed by atoms with Crippen molar-refractivity contribution in [3.05, 3.63) is 23.0 Å². The second-order valence-electron chi connectivity index (χ2n) is 6.97. The van der Waals surface area contributed by atoms with Gasteiger partial charge in [0.1, 0.15) is 0 Å². The molecule has 0 aliphatic carbocycles. The summed E-state index contributed by atoms with van der Waals surface area (Å²) in [5.74, 6) is -0.0407. The molecule has 26 heavy (non-hydrogen) atoms. The van der Waals surface area contributed by atoms with Gasteiger partial charge in [0.05, 0.1) is 11.3 Å². The molecular formula is C19H30N4O3. The van der Waals surface area contributed by atoms with Crippen molar-refractivity contribution in [1.82, 2.24) is 20.0 Å². The molecule has 2 rings (SSSR count). The Balaban J connectivity index is 2.06. The van der Waals surface area contributed by atoms with Crippen molar-refractivity contribution in [2.24, 2.45) is 7.05 Å². The van der Waals surface area contributed by atoms with Gasteiger partial charge in [-0.2, -0.15) is 5.10 Å². The van der Waals surface area contributed by atoms with Gasteiger partial charge in [0.25, 0.3) is 0 Å². The first-order chi connectivity index (χ1) is 12.3. The van der Waals surface area contributed by atoms with Gasteiger partial charge in [-0.05, 0) is 39.2 Å². The molecule has 1 aromatic rings. The molecule has 0 spiro atoms. The summed E-state index contributed by atoms with van der Waals surface area (Å²) in [6.45, 7) is 5.14. The van der Waals surface area contributed by atoms with Gasteiger partial charge >= 0.3 is 0 Å². The monoisotopic (exact) mass is 362 g/mol. The van der Waals surface area contributed by atoms with Crippen molar-refractivity contribution in [2.45, 2.75) is 45.1 Å². The molecular weight excluding hydrogens is 332 g/mol. The van der Waals surface area contributed by atoms with E-state index in [1.807, 2.05) is 36.6 Å². The number of likely N-dealkylation sites (tertiary alicyclic amines) is 1. The maximum absolute atomic E-state index is 12.7. The molecule has 0 unspecified atom stereocenters. The quantitative estimate of drug-likeness (QED) is 0.780. The Kier molecular flexibility index (Phi) is 6.58. The van der Waals surface area contributed by atoms with Crippen LogP contribution in [-0.2, 0) is 21.4 Å². The van der Waals surface area contributed by atoms with Crippen molar-refractivity contribution in [3.63, 3.8) is 0 Å². The first-order valence-electron chi connectivity index (χ1n) is 9.05. The van der Waals surface area contributed by atoms with Crippen LogP contribution in [0.25, 0.3) is 6.08 Å². The topological polar surface area (TPSA) is 76.5 Å². The highest BCUT2D eigenvalue weighted by atomic mass is 16.5. The zero-order chi connectivity index (χ0) is 19.3. The number of aromatic nitrogens is 2. The number of piperidine rings is 1. The zero-order valence-electron chi connectivity index (χ0n) is 16.5. The molecule has 0 radical (unpaired) electrons. The molecule has 1 atom stereocenters. The predicted molar refractivity (Wildman–Crippen MR) is 101 cm³/mol. The number of carbonyl (C=O) groups is 2. The molecule has 2 amide bonds. The van der Waals surface area contributed by atoms with Crippen molar-refractivity contribution < 1.29 is 14.3 Å². The lowest BCUT2D eigenvalue weighted by molar-refractivity contribution is -0.136. The molecule has 1 aliphatic rings. The summed E-state index contributed by atoms with van der Waals surface area (Å²) in [6.07, 6.45) is 6.18. The third-order valence-electron chi connectivity index (χ3n) is 5.33. The predicted octanol–water partition coefficient (Wildman–Crippen LogP) is 1.58. The van der Waals surface area contributed by atoms with Gasteiger partial charge < -0.3 is 15.0 Å². The van der Waals surface area contributed by atoms with Crippen LogP contribution in [0.4, 0.5) is 0 Å². The molecule has 0 aromatic carbocycles. The Morgan fingerprint density at radius 1 is 1.38 bits per heavy atom. The lowest BCUT2D eigenvalue weighted by Crippen LogP contribution is -2.51. The van der Waals surface area contributed by atoms with Crippen LogP contribution in [0, 0.1) is 13.8 Å². The Bertz CT molecular complexity index is 695. The second kappa shape index (κ2) is 8.49. The summed E-state index contributed by atoms with van der Waals surface area (Å²) in [4.78, 5) is 26.1. The van der Waals surface area contributed by atoms with Crippen LogP contribution < -0.4 is 5.32 Å². The van der Waals surface area contributed by atoms with Gasteiger partial charge in [-0.1, -0.05) is 0 Å². The molecule has 7 nitrogen and oxygen atoms in total. The number of carbonyl (C=O) groups excluding carboxylic acids is 2. The number of aryl methyl sites for hydroxylation is 2. The number of hydrogen-bond acceptors (Lipinski definition) is 4. The van der Waals surface area contributed by atoms with Crippen LogP contribution in [0.15, 0.2) is 6.08 Å². The molecule has 1 saturated heterocycles. The summed E-state index contributed by atoms with van der Waals surface area (Å²) >= 11 is 0. The average Bonchev–Trinajstić information content (AvgIpc) is 2.89. The Labute approximate surface area is 155 Å². The van der Waals surface area contributed by atoms with E-state index in [4.69, 9.17) is 4.74 Å². The summed E-state index contributed by atoms with van der Waals surface area (Å²) in [6, 6.07) is 0. The maximum atomic E-state index is 12.7. The molecule has 1 N–H and O–H groups in total. The highest BCUT2D eigenvalue weighted by Gasteiger charge is 2.37. The van der Waals surface area contributed by atoms with Crippen molar-refractivity contribution in [1.29, 1.82) is 0 Å². The van der Waals surface area contributed by atoms with Crippen molar-refractivity contribution in [3.8, 4) is 0 Å². The third-order valence-corrected chi connectivity index (χ3v) is 5.33. The second-order valence-corrected chi connectivity index (χ2v) is 6.97. The number of nitrogens with zero attached hydrogens (tertiary/aromatic N) is 3. The maximum Gasteiger partial charge on any atom is 0.246 e. The fourth-order valence-electron chi connectivity index (χ4n) is 3.52. The summed E-state index contributed by atoms with van der Waals surface area (Å²) < 4.78 is 7.56. The molecule has 1 aromatic heterocycles. The SMILES string of the molecule is CNC(=O)CC[C@@]1(OC)CCCN(C(=O)/C=C/c2c(C)nn(C)c2C)C1. The molecule has 0 bridgehead atoms. The number of nitrogens with one attached hydrogen (secondary N) is 1. The number of ether oxygens (including phenoxy) is 1. The van der Waals surface area contributed by atoms with Crippen LogP contribution >= 0.6 is 0 Å². The standard InChI is InChI=1S/C19H30N4O3/c1-14-16(15(2)22(4)21-14)7-8-18(25)23-12-6-10-19(13-23,26-5)11-9-17(24)20-3/h7-8H,6,9-13H2,1-5H3,(H,20,24)/b8-7+/t19-/m0/s1. The molecule has 2 heterocycles. The van der Waals surface area contributed by atoms with Gasteiger partial charge in [-0.15, -0.1) is 0 Å². The summed E-state index contributed by atoms with van der Waals surface area (Å²) in [7, 11) is 5.19. The Morgan fingerprint density at radius 2 is 2.12 bits per heavy atom. The number of methoxy groups -OCH3 is 1. The van der Waals surface area contributed by atoms with E-state index >= 15 is 0 Å². The minimum absolute atomic E-state index is 0.00713. The van der Waals surface area contributed by atoms with Crippen molar-refractivity contribution >= 4 is 17.9 Å². The van der Waals surface area contributed by atoms with E-state index in [-0.39, 0.29) is 11.8 Å². The smallest absolute Gasteiger partial charge is 0.246 e. The zero-order valence-corrected chi connectivity index (χ0v) is 16.5. The molecule has 0 saturated carbocycles. The number of amides is 2. The van der Waals surface area contributed by atoms with E-state index in [2.05, 4.69) is 10.4 Å². The fourth-order valence-corrected chi connectivity index (χ4v) is 3.52. The van der Waals surface area contributed by atoms with Gasteiger partial charge in [0.15, 0.2) is 0 Å². The van der Waals surface area contributed by atoms with E-state index in [1.54, 1.807) is 20.2 Å². The normalized spacial score (nSPS) is 20.6. The van der Waals surface area contributed by atoms with Gasteiger partial charge in [-0.25, -0.2) is 0 Å². The molecule has 7 heteroatoms. The van der Waals surface area contributed by atoms with E-state index in [1.165, 1.54) is 0 Å². The van der Waals surface area contributed by atoms with E-state index in [0.717, 1.165) is 29.8 Å². The largest absolute Gasteiger partial charge is 0.376 e. The van der Waals surface area contributed by atoms with Gasteiger partial charge in [0, 0.05) is 58.0 Å². The minimum Gasteiger partial charge on any atom is -0.376 e. The van der Waals surface area contributed by atoms with Crippen molar-refractivity contribution in [2.75, 3.05) is 27.2 Å². The van der Waals surface area contributed by atoms with Crippen LogP contribution in [0.2, 0.25) is 0 Å². The third kappa shape index (κ3) is 4.52. The summed E-state index contributed by atoms with van der Waals surface area (Å²) in [5, 5.41) is 7.01. The first kappa shape index (κ1) is 20.2. The lowest BCUT2D eigenvalue weighted by atomic mass is 9.87. The highest BCUT2D eigenvalue weighted by Crippen LogP contribution is 2.29. The highest BCUT2D eigenvalue weighted by molar-refractivity contribution is 5.92. The number of hydrogen-bond donors (Lipinski definition) is 1. The number of rotatable bonds is 6. The van der Waals surface area contributed by atoms with Gasteiger partial charge in [-0.3, -0.25) is 14.3 Å². The first-order valence-corrected chi connectivity index (χ1v) is 9.05. The van der Waals surface area contributed by atoms with Crippen LogP contribution in [0.3, 0.4) is 0 Å². The molecule has 144 valence electrons. The van der Waals surface area contributed by atoms with Crippen LogP contribution in [0.5, 0.6) is 0 Å². The van der Waals surface area contributed by atoms with E-state index in [9.17, 15) is 9.59 Å². The Hall–Kier alpha value is -2.15. The van der Waals surface area contributed by atoms with E-state index in [0.29, 0.717) is 25.9 Å². The van der Waals surface area contributed by atoms with Crippen LogP contribution in [-0.4, -0.2) is 59.3 Å². The van der Waals surface area contributed by atoms with E-state index < -0.39 is 5.60 Å². The average molecular weight is 362 g/mol. The van der Waals surface area contributed by atoms with Crippen LogP contribution in [0.1, 0.15) is 42.6 Å². The minimum atomic E-state index is -0.450. The molecule has 1 aliphatic heterocycles. The Morgan fingerprint density at radius 3 is 2.69 bits per heavy atom. The summed E-state index contributed by atoms with van der Waals surface area (Å²) in [5.41, 5.74) is 2.47. The fraction of sp³-hybridized carbons (Fsp3) is 0.632. The lowest BCUT2D eigenvalue weighted by Gasteiger charge is -2.41. The molecule has 1 fully saturated rings. The van der Waals surface area contributed by atoms with Gasteiger partial charge in [0.2, 0.25) is 11.8 Å².